The van der Waals surface area contributed by atoms with Gasteiger partial charge in [0.25, 0.3) is 0 Å². The van der Waals surface area contributed by atoms with Gasteiger partial charge >= 0.3 is 24.4 Å². The van der Waals surface area contributed by atoms with Crippen LogP contribution in [0.25, 0.3) is 0 Å². The molecule has 1 amide bonds. The standard InChI is InChI=1S/C25H26F6N2O4/c1-6-18-12-32(19-7-13(2)14(3)8-20(19)33(18)23(35)37-5)21(22(34)36-4)15-9-16(24(26,27)28)11-17(10-15)25(29,30)31/h7-11,18,21H,6,12H2,1-5H3/t18-,21+/m1/s1. The largest absolute Gasteiger partial charge is 0.467 e. The average molecular weight is 532 g/mol. The number of methoxy groups -OCH3 is 2. The van der Waals surface area contributed by atoms with Crippen molar-refractivity contribution in [3.63, 3.8) is 0 Å². The second kappa shape index (κ2) is 10.1. The van der Waals surface area contributed by atoms with Crippen LogP contribution < -0.4 is 9.80 Å². The Balaban J connectivity index is 2.33. The summed E-state index contributed by atoms with van der Waals surface area (Å²) in [4.78, 5) is 28.5. The van der Waals surface area contributed by atoms with Gasteiger partial charge < -0.3 is 14.4 Å². The Hall–Kier alpha value is -3.44. The molecule has 1 heterocycles. The van der Waals surface area contributed by atoms with Crippen LogP contribution in [0.3, 0.4) is 0 Å². The molecule has 12 heteroatoms. The Bertz CT molecular complexity index is 1160. The second-order valence-electron chi connectivity index (χ2n) is 8.74. The number of ether oxygens (including phenoxy) is 2. The minimum absolute atomic E-state index is 0.00331. The number of alkyl halides is 6. The molecule has 0 saturated heterocycles. The molecule has 0 radical (unpaired) electrons. The van der Waals surface area contributed by atoms with Crippen LogP contribution in [-0.2, 0) is 26.6 Å². The fraction of sp³-hybridized carbons (Fsp3) is 0.440. The van der Waals surface area contributed by atoms with Gasteiger partial charge in [-0.05, 0) is 67.3 Å². The molecule has 0 fully saturated rings. The number of rotatable bonds is 4. The van der Waals surface area contributed by atoms with E-state index in [-0.39, 0.29) is 18.3 Å². The van der Waals surface area contributed by atoms with Crippen molar-refractivity contribution in [1.82, 2.24) is 0 Å². The first kappa shape index (κ1) is 28.1. The van der Waals surface area contributed by atoms with E-state index < -0.39 is 53.2 Å². The Labute approximate surface area is 209 Å². The minimum atomic E-state index is -5.10. The summed E-state index contributed by atoms with van der Waals surface area (Å²) >= 11 is 0. The highest BCUT2D eigenvalue weighted by Gasteiger charge is 2.43. The number of hydrogen-bond acceptors (Lipinski definition) is 5. The van der Waals surface area contributed by atoms with Gasteiger partial charge in [-0.15, -0.1) is 0 Å². The van der Waals surface area contributed by atoms with Crippen LogP contribution in [0, 0.1) is 13.8 Å². The Morgan fingerprint density at radius 3 is 1.84 bits per heavy atom. The van der Waals surface area contributed by atoms with Gasteiger partial charge in [-0.25, -0.2) is 9.59 Å². The predicted molar refractivity (Wildman–Crippen MR) is 123 cm³/mol. The highest BCUT2D eigenvalue weighted by molar-refractivity contribution is 5.96. The van der Waals surface area contributed by atoms with E-state index in [4.69, 9.17) is 9.47 Å². The summed E-state index contributed by atoms with van der Waals surface area (Å²) in [7, 11) is 2.19. The molecule has 0 saturated carbocycles. The van der Waals surface area contributed by atoms with E-state index in [9.17, 15) is 35.9 Å². The van der Waals surface area contributed by atoms with E-state index in [1.165, 1.54) is 16.9 Å². The van der Waals surface area contributed by atoms with Crippen molar-refractivity contribution in [1.29, 1.82) is 0 Å². The first-order valence-corrected chi connectivity index (χ1v) is 11.3. The average Bonchev–Trinajstić information content (AvgIpc) is 2.82. The normalized spacial score (nSPS) is 16.8. The van der Waals surface area contributed by atoms with Crippen molar-refractivity contribution in [2.24, 2.45) is 0 Å². The van der Waals surface area contributed by atoms with E-state index in [1.807, 2.05) is 0 Å². The summed E-state index contributed by atoms with van der Waals surface area (Å²) in [5, 5.41) is 0. The van der Waals surface area contributed by atoms with Gasteiger partial charge in [0.15, 0.2) is 6.04 Å². The molecule has 2 atom stereocenters. The molecule has 37 heavy (non-hydrogen) atoms. The molecule has 1 aliphatic rings. The van der Waals surface area contributed by atoms with E-state index in [0.29, 0.717) is 24.2 Å². The number of aryl methyl sites for hydroxylation is 2. The molecule has 0 N–H and O–H groups in total. The molecule has 6 nitrogen and oxygen atoms in total. The monoisotopic (exact) mass is 532 g/mol. The molecule has 0 aliphatic carbocycles. The van der Waals surface area contributed by atoms with Crippen LogP contribution in [0.1, 0.15) is 47.2 Å². The van der Waals surface area contributed by atoms with Gasteiger partial charge in [0.2, 0.25) is 0 Å². The number of hydrogen-bond donors (Lipinski definition) is 0. The van der Waals surface area contributed by atoms with E-state index in [1.54, 1.807) is 32.9 Å². The number of halogens is 6. The molecule has 3 rings (SSSR count). The van der Waals surface area contributed by atoms with Gasteiger partial charge in [0.05, 0.1) is 42.8 Å². The van der Waals surface area contributed by atoms with Crippen LogP contribution in [0.4, 0.5) is 42.5 Å². The van der Waals surface area contributed by atoms with Gasteiger partial charge in [0, 0.05) is 6.54 Å². The zero-order valence-electron chi connectivity index (χ0n) is 20.8. The molecule has 202 valence electrons. The van der Waals surface area contributed by atoms with Crippen LogP contribution in [-0.4, -0.2) is 38.9 Å². The first-order chi connectivity index (χ1) is 17.1. The molecule has 0 bridgehead atoms. The SMILES string of the molecule is CC[C@@H]1CN([C@H](C(=O)OC)c2cc(C(F)(F)F)cc(C(F)(F)F)c2)c2cc(C)c(C)cc2N1C(=O)OC. The van der Waals surface area contributed by atoms with Crippen LogP contribution in [0.15, 0.2) is 30.3 Å². The van der Waals surface area contributed by atoms with Crippen molar-refractivity contribution < 1.29 is 45.4 Å². The summed E-state index contributed by atoms with van der Waals surface area (Å²) in [6.45, 7) is 5.20. The van der Waals surface area contributed by atoms with Gasteiger partial charge in [-0.2, -0.15) is 26.3 Å². The molecule has 0 spiro atoms. The fourth-order valence-corrected chi connectivity index (χ4v) is 4.41. The number of benzene rings is 2. The third-order valence-corrected chi connectivity index (χ3v) is 6.44. The van der Waals surface area contributed by atoms with Crippen molar-refractivity contribution in [2.75, 3.05) is 30.6 Å². The number of amides is 1. The highest BCUT2D eigenvalue weighted by Crippen LogP contribution is 2.45. The Morgan fingerprint density at radius 2 is 1.41 bits per heavy atom. The molecule has 0 unspecified atom stereocenters. The lowest BCUT2D eigenvalue weighted by Gasteiger charge is -2.45. The second-order valence-corrected chi connectivity index (χ2v) is 8.74. The maximum atomic E-state index is 13.6. The smallest absolute Gasteiger partial charge is 0.416 e. The van der Waals surface area contributed by atoms with Gasteiger partial charge in [-0.1, -0.05) is 6.92 Å². The number of nitrogens with zero attached hydrogens (tertiary/aromatic N) is 2. The number of anilines is 2. The molecule has 1 aliphatic heterocycles. The lowest BCUT2D eigenvalue weighted by Crippen LogP contribution is -2.53. The zero-order valence-corrected chi connectivity index (χ0v) is 20.8. The van der Waals surface area contributed by atoms with Gasteiger partial charge in [-0.3, -0.25) is 4.90 Å². The number of esters is 1. The van der Waals surface area contributed by atoms with E-state index >= 15 is 0 Å². The predicted octanol–water partition coefficient (Wildman–Crippen LogP) is 6.43. The van der Waals surface area contributed by atoms with Crippen molar-refractivity contribution in [3.05, 3.63) is 58.1 Å². The topological polar surface area (TPSA) is 59.1 Å². The Kier molecular flexibility index (Phi) is 7.71. The molecular formula is C25H26F6N2O4. The van der Waals surface area contributed by atoms with Crippen LogP contribution in [0.5, 0.6) is 0 Å². The molecular weight excluding hydrogens is 506 g/mol. The molecule has 2 aromatic rings. The number of fused-ring (bicyclic) bond motifs is 1. The van der Waals surface area contributed by atoms with E-state index in [0.717, 1.165) is 18.2 Å². The third-order valence-electron chi connectivity index (χ3n) is 6.44. The quantitative estimate of drug-likeness (QED) is 0.336. The molecule has 0 aromatic heterocycles. The number of carbonyl (C=O) groups excluding carboxylic acids is 2. The third kappa shape index (κ3) is 5.47. The lowest BCUT2D eigenvalue weighted by atomic mass is 9.94. The minimum Gasteiger partial charge on any atom is -0.467 e. The summed E-state index contributed by atoms with van der Waals surface area (Å²) in [5.41, 5.74) is -1.56. The van der Waals surface area contributed by atoms with Crippen molar-refractivity contribution in [2.45, 2.75) is 51.6 Å². The lowest BCUT2D eigenvalue weighted by molar-refractivity contribution is -0.145. The fourth-order valence-electron chi connectivity index (χ4n) is 4.41. The summed E-state index contributed by atoms with van der Waals surface area (Å²) in [6, 6.07) is 2.06. The zero-order chi connectivity index (χ0) is 27.9. The maximum Gasteiger partial charge on any atom is 0.416 e. The van der Waals surface area contributed by atoms with Crippen LogP contribution >= 0.6 is 0 Å². The molecule has 2 aromatic carbocycles. The van der Waals surface area contributed by atoms with E-state index in [2.05, 4.69) is 0 Å². The summed E-state index contributed by atoms with van der Waals surface area (Å²) in [6.07, 6.45) is -10.5. The highest BCUT2D eigenvalue weighted by atomic mass is 19.4. The maximum absolute atomic E-state index is 13.6. The number of carbonyl (C=O) groups is 2. The summed E-state index contributed by atoms with van der Waals surface area (Å²) < 4.78 is 91.4. The van der Waals surface area contributed by atoms with Gasteiger partial charge in [0.1, 0.15) is 0 Å². The van der Waals surface area contributed by atoms with Crippen molar-refractivity contribution >= 4 is 23.4 Å². The Morgan fingerprint density at radius 1 is 0.892 bits per heavy atom. The van der Waals surface area contributed by atoms with Crippen molar-refractivity contribution in [3.8, 4) is 0 Å². The first-order valence-electron chi connectivity index (χ1n) is 11.3. The van der Waals surface area contributed by atoms with Crippen LogP contribution in [0.2, 0.25) is 0 Å². The summed E-state index contributed by atoms with van der Waals surface area (Å²) in [5.74, 6) is -1.06.